The van der Waals surface area contributed by atoms with E-state index >= 15 is 0 Å². The second-order valence-corrected chi connectivity index (χ2v) is 5.91. The maximum atomic E-state index is 12.8. The van der Waals surface area contributed by atoms with Crippen LogP contribution in [0.3, 0.4) is 0 Å². The average Bonchev–Trinajstić information content (AvgIpc) is 3.09. The highest BCUT2D eigenvalue weighted by Crippen LogP contribution is 2.55. The van der Waals surface area contributed by atoms with Gasteiger partial charge in [-0.2, -0.15) is 13.2 Å². The Kier molecular flexibility index (Phi) is 2.85. The van der Waals surface area contributed by atoms with Crippen molar-refractivity contribution in [2.24, 2.45) is 11.8 Å². The molecule has 2 saturated carbocycles. The molecule has 3 rings (SSSR count). The second kappa shape index (κ2) is 4.16. The lowest BCUT2D eigenvalue weighted by atomic mass is 9.88. The molecule has 0 bridgehead atoms. The summed E-state index contributed by atoms with van der Waals surface area (Å²) in [6, 6.07) is 4.03. The number of benzene rings is 1. The Morgan fingerprint density at radius 1 is 1.00 bits per heavy atom. The first kappa shape index (κ1) is 12.3. The lowest BCUT2D eigenvalue weighted by Gasteiger charge is -2.18. The van der Waals surface area contributed by atoms with Crippen LogP contribution in [0.1, 0.15) is 42.7 Å². The zero-order chi connectivity index (χ0) is 12.9. The molecule has 2 aliphatic carbocycles. The van der Waals surface area contributed by atoms with Crippen molar-refractivity contribution in [3.8, 4) is 0 Å². The van der Waals surface area contributed by atoms with E-state index in [2.05, 4.69) is 0 Å². The fraction of sp³-hybridized carbons (Fsp3) is 0.571. The van der Waals surface area contributed by atoms with Gasteiger partial charge < -0.3 is 0 Å². The molecule has 0 N–H and O–H groups in total. The maximum absolute atomic E-state index is 12.8. The van der Waals surface area contributed by atoms with Crippen molar-refractivity contribution in [1.29, 1.82) is 0 Å². The molecule has 2 fully saturated rings. The van der Waals surface area contributed by atoms with Gasteiger partial charge in [0.25, 0.3) is 0 Å². The Balaban J connectivity index is 1.97. The van der Waals surface area contributed by atoms with Crippen LogP contribution in [0.2, 0.25) is 5.02 Å². The molecule has 0 amide bonds. The number of rotatable bonds is 3. The molecule has 0 heterocycles. The molecule has 18 heavy (non-hydrogen) atoms. The van der Waals surface area contributed by atoms with Gasteiger partial charge in [0.1, 0.15) is 0 Å². The molecule has 0 radical (unpaired) electrons. The van der Waals surface area contributed by atoms with E-state index in [0.717, 1.165) is 37.3 Å². The number of hydrogen-bond donors (Lipinski definition) is 0. The number of alkyl halides is 3. The lowest BCUT2D eigenvalue weighted by Crippen LogP contribution is -2.09. The minimum Gasteiger partial charge on any atom is -0.166 e. The van der Waals surface area contributed by atoms with Crippen LogP contribution in [-0.4, -0.2) is 0 Å². The third kappa shape index (κ3) is 2.51. The van der Waals surface area contributed by atoms with E-state index in [4.69, 9.17) is 11.6 Å². The third-order valence-corrected chi connectivity index (χ3v) is 4.11. The Bertz CT molecular complexity index is 447. The van der Waals surface area contributed by atoms with E-state index in [-0.39, 0.29) is 5.02 Å². The van der Waals surface area contributed by atoms with Gasteiger partial charge in [-0.25, -0.2) is 0 Å². The molecule has 1 aromatic rings. The predicted octanol–water partition coefficient (Wildman–Crippen LogP) is 5.26. The summed E-state index contributed by atoms with van der Waals surface area (Å²) in [6.45, 7) is 0. The van der Waals surface area contributed by atoms with E-state index < -0.39 is 11.7 Å². The van der Waals surface area contributed by atoms with Crippen molar-refractivity contribution in [2.75, 3.05) is 0 Å². The van der Waals surface area contributed by atoms with Gasteiger partial charge in [-0.05, 0) is 67.2 Å². The molecular weight excluding hydrogens is 261 g/mol. The molecule has 0 aromatic heterocycles. The Morgan fingerprint density at radius 3 is 2.00 bits per heavy atom. The summed E-state index contributed by atoms with van der Waals surface area (Å²) in [5.74, 6) is 1.46. The molecule has 98 valence electrons. The quantitative estimate of drug-likeness (QED) is 0.705. The molecule has 0 saturated heterocycles. The van der Waals surface area contributed by atoms with Crippen LogP contribution in [0.25, 0.3) is 0 Å². The average molecular weight is 275 g/mol. The van der Waals surface area contributed by atoms with Crippen LogP contribution in [0.5, 0.6) is 0 Å². The molecule has 0 atom stereocenters. The molecule has 0 aliphatic heterocycles. The maximum Gasteiger partial charge on any atom is 0.416 e. The van der Waals surface area contributed by atoms with Crippen molar-refractivity contribution in [1.82, 2.24) is 0 Å². The molecule has 2 aliphatic rings. The Morgan fingerprint density at radius 2 is 1.56 bits per heavy atom. The highest BCUT2D eigenvalue weighted by molar-refractivity contribution is 6.30. The van der Waals surface area contributed by atoms with E-state index in [1.807, 2.05) is 0 Å². The molecule has 1 aromatic carbocycles. The highest BCUT2D eigenvalue weighted by atomic mass is 35.5. The zero-order valence-electron chi connectivity index (χ0n) is 9.80. The van der Waals surface area contributed by atoms with E-state index in [1.54, 1.807) is 6.07 Å². The Labute approximate surface area is 109 Å². The first-order chi connectivity index (χ1) is 8.45. The van der Waals surface area contributed by atoms with Gasteiger partial charge in [-0.3, -0.25) is 0 Å². The number of hydrogen-bond acceptors (Lipinski definition) is 0. The van der Waals surface area contributed by atoms with Crippen molar-refractivity contribution < 1.29 is 13.2 Å². The molecule has 0 spiro atoms. The van der Waals surface area contributed by atoms with Crippen LogP contribution in [-0.2, 0) is 6.18 Å². The summed E-state index contributed by atoms with van der Waals surface area (Å²) in [4.78, 5) is 0. The van der Waals surface area contributed by atoms with Crippen molar-refractivity contribution >= 4 is 11.6 Å². The second-order valence-electron chi connectivity index (χ2n) is 5.47. The fourth-order valence-electron chi connectivity index (χ4n) is 2.81. The standard InChI is InChI=1S/C14H14ClF3/c15-12-6-10(5-11(7-12)14(16,17)18)13(8-1-2-8)9-3-4-9/h5-9,13H,1-4H2. The van der Waals surface area contributed by atoms with E-state index in [0.29, 0.717) is 17.8 Å². The minimum atomic E-state index is -4.31. The molecule has 0 unspecified atom stereocenters. The smallest absolute Gasteiger partial charge is 0.166 e. The summed E-state index contributed by atoms with van der Waals surface area (Å²) in [7, 11) is 0. The van der Waals surface area contributed by atoms with Gasteiger partial charge >= 0.3 is 6.18 Å². The normalized spacial score (nSPS) is 20.5. The predicted molar refractivity (Wildman–Crippen MR) is 64.6 cm³/mol. The largest absolute Gasteiger partial charge is 0.416 e. The van der Waals surface area contributed by atoms with Crippen LogP contribution in [0, 0.1) is 11.8 Å². The van der Waals surface area contributed by atoms with Crippen molar-refractivity contribution in [2.45, 2.75) is 37.8 Å². The number of halogens is 4. The van der Waals surface area contributed by atoms with Crippen LogP contribution < -0.4 is 0 Å². The summed E-state index contributed by atoms with van der Waals surface area (Å²) in [5, 5.41) is 0.200. The van der Waals surface area contributed by atoms with Crippen LogP contribution in [0.15, 0.2) is 18.2 Å². The minimum absolute atomic E-state index is 0.200. The van der Waals surface area contributed by atoms with Gasteiger partial charge in [-0.1, -0.05) is 11.6 Å². The van der Waals surface area contributed by atoms with Gasteiger partial charge in [0, 0.05) is 5.02 Å². The van der Waals surface area contributed by atoms with Crippen molar-refractivity contribution in [3.05, 3.63) is 34.3 Å². The first-order valence-corrected chi connectivity index (χ1v) is 6.70. The molecule has 4 heteroatoms. The topological polar surface area (TPSA) is 0 Å². The van der Waals surface area contributed by atoms with E-state index in [1.165, 1.54) is 6.07 Å². The summed E-state index contributed by atoms with van der Waals surface area (Å²) in [6.07, 6.45) is 0.283. The van der Waals surface area contributed by atoms with Crippen LogP contribution in [0.4, 0.5) is 13.2 Å². The summed E-state index contributed by atoms with van der Waals surface area (Å²) in [5.41, 5.74) is 0.177. The third-order valence-electron chi connectivity index (χ3n) is 3.89. The first-order valence-electron chi connectivity index (χ1n) is 6.33. The van der Waals surface area contributed by atoms with Gasteiger partial charge in [0.2, 0.25) is 0 Å². The fourth-order valence-corrected chi connectivity index (χ4v) is 3.05. The Hall–Kier alpha value is -0.700. The highest BCUT2D eigenvalue weighted by Gasteiger charge is 2.43. The summed E-state index contributed by atoms with van der Waals surface area (Å²) < 4.78 is 38.4. The van der Waals surface area contributed by atoms with Crippen LogP contribution >= 0.6 is 11.6 Å². The SMILES string of the molecule is FC(F)(F)c1cc(Cl)cc(C(C2CC2)C2CC2)c1. The van der Waals surface area contributed by atoms with Crippen molar-refractivity contribution in [3.63, 3.8) is 0 Å². The van der Waals surface area contributed by atoms with Gasteiger partial charge in [-0.15, -0.1) is 0 Å². The van der Waals surface area contributed by atoms with Gasteiger partial charge in [0.15, 0.2) is 0 Å². The monoisotopic (exact) mass is 274 g/mol. The van der Waals surface area contributed by atoms with Gasteiger partial charge in [0.05, 0.1) is 5.56 Å². The lowest BCUT2D eigenvalue weighted by molar-refractivity contribution is -0.137. The zero-order valence-corrected chi connectivity index (χ0v) is 10.6. The molecular formula is C14H14ClF3. The molecule has 0 nitrogen and oxygen atoms in total. The summed E-state index contributed by atoms with van der Waals surface area (Å²) >= 11 is 5.85. The van der Waals surface area contributed by atoms with E-state index in [9.17, 15) is 13.2 Å².